The van der Waals surface area contributed by atoms with Gasteiger partial charge in [0, 0.05) is 32.7 Å². The van der Waals surface area contributed by atoms with Crippen molar-refractivity contribution < 1.29 is 9.53 Å². The summed E-state index contributed by atoms with van der Waals surface area (Å²) in [5.74, 6) is 0.611. The summed E-state index contributed by atoms with van der Waals surface area (Å²) in [4.78, 5) is 16.6. The number of ether oxygens (including phenoxy) is 1. The van der Waals surface area contributed by atoms with E-state index in [9.17, 15) is 4.79 Å². The van der Waals surface area contributed by atoms with Gasteiger partial charge in [-0.25, -0.2) is 0 Å². The maximum absolute atomic E-state index is 12.3. The molecule has 0 unspecified atom stereocenters. The van der Waals surface area contributed by atoms with Gasteiger partial charge in [0.15, 0.2) is 6.61 Å². The van der Waals surface area contributed by atoms with Gasteiger partial charge < -0.3 is 9.64 Å². The first-order chi connectivity index (χ1) is 12.6. The molecule has 0 atom stereocenters. The Balaban J connectivity index is 1.43. The molecular formula is C21H23N3O2. The van der Waals surface area contributed by atoms with Crippen LogP contribution in [-0.4, -0.2) is 48.5 Å². The van der Waals surface area contributed by atoms with Crippen LogP contribution in [0.1, 0.15) is 16.7 Å². The van der Waals surface area contributed by atoms with Crippen molar-refractivity contribution in [1.82, 2.24) is 9.80 Å². The Hall–Kier alpha value is -2.84. The Bertz CT molecular complexity index is 788. The van der Waals surface area contributed by atoms with Crippen molar-refractivity contribution in [2.75, 3.05) is 32.8 Å². The molecule has 1 aliphatic rings. The molecule has 0 N–H and O–H groups in total. The van der Waals surface area contributed by atoms with Crippen LogP contribution in [0.25, 0.3) is 0 Å². The summed E-state index contributed by atoms with van der Waals surface area (Å²) in [7, 11) is 0. The lowest BCUT2D eigenvalue weighted by Crippen LogP contribution is -2.49. The summed E-state index contributed by atoms with van der Waals surface area (Å²) in [5, 5.41) is 8.79. The van der Waals surface area contributed by atoms with E-state index in [1.54, 1.807) is 24.3 Å². The molecule has 3 rings (SSSR count). The van der Waals surface area contributed by atoms with E-state index in [4.69, 9.17) is 10.00 Å². The predicted molar refractivity (Wildman–Crippen MR) is 99.7 cm³/mol. The van der Waals surface area contributed by atoms with Gasteiger partial charge in [0.2, 0.25) is 0 Å². The first-order valence-corrected chi connectivity index (χ1v) is 8.83. The highest BCUT2D eigenvalue weighted by atomic mass is 16.5. The molecule has 1 heterocycles. The van der Waals surface area contributed by atoms with E-state index in [0.717, 1.165) is 32.7 Å². The van der Waals surface area contributed by atoms with Crippen LogP contribution in [0.15, 0.2) is 48.5 Å². The summed E-state index contributed by atoms with van der Waals surface area (Å²) >= 11 is 0. The van der Waals surface area contributed by atoms with Gasteiger partial charge in [-0.15, -0.1) is 0 Å². The second-order valence-electron chi connectivity index (χ2n) is 6.57. The molecule has 0 radical (unpaired) electrons. The number of carbonyl (C=O) groups excluding carboxylic acids is 1. The molecule has 2 aromatic rings. The van der Waals surface area contributed by atoms with Gasteiger partial charge in [-0.2, -0.15) is 5.26 Å². The van der Waals surface area contributed by atoms with Crippen LogP contribution in [0, 0.1) is 18.3 Å². The Morgan fingerprint density at radius 3 is 2.50 bits per heavy atom. The third kappa shape index (κ3) is 4.84. The van der Waals surface area contributed by atoms with Gasteiger partial charge in [-0.05, 0) is 36.8 Å². The number of nitriles is 1. The monoisotopic (exact) mass is 349 g/mol. The van der Waals surface area contributed by atoms with Crippen LogP contribution in [0.4, 0.5) is 0 Å². The summed E-state index contributed by atoms with van der Waals surface area (Å²) in [5.41, 5.74) is 3.17. The molecule has 1 fully saturated rings. The molecule has 0 aromatic heterocycles. The van der Waals surface area contributed by atoms with E-state index in [1.165, 1.54) is 11.1 Å². The molecule has 26 heavy (non-hydrogen) atoms. The van der Waals surface area contributed by atoms with Crippen LogP contribution in [0.3, 0.4) is 0 Å². The molecule has 0 bridgehead atoms. The van der Waals surface area contributed by atoms with Gasteiger partial charge in [0.05, 0.1) is 11.6 Å². The summed E-state index contributed by atoms with van der Waals surface area (Å²) in [6.07, 6.45) is 0. The van der Waals surface area contributed by atoms with Crippen LogP contribution >= 0.6 is 0 Å². The third-order valence-electron chi connectivity index (χ3n) is 4.56. The molecule has 1 aliphatic heterocycles. The van der Waals surface area contributed by atoms with E-state index in [0.29, 0.717) is 11.3 Å². The number of amides is 1. The molecule has 1 saturated heterocycles. The minimum atomic E-state index is 0.00423. The Kier molecular flexibility index (Phi) is 5.88. The van der Waals surface area contributed by atoms with Crippen molar-refractivity contribution in [3.8, 4) is 11.8 Å². The number of hydrogen-bond donors (Lipinski definition) is 0. The first-order valence-electron chi connectivity index (χ1n) is 8.83. The largest absolute Gasteiger partial charge is 0.484 e. The average molecular weight is 349 g/mol. The fourth-order valence-electron chi connectivity index (χ4n) is 3.09. The van der Waals surface area contributed by atoms with Gasteiger partial charge in [-0.3, -0.25) is 9.69 Å². The molecule has 0 saturated carbocycles. The zero-order valence-corrected chi connectivity index (χ0v) is 15.0. The summed E-state index contributed by atoms with van der Waals surface area (Å²) in [6, 6.07) is 17.4. The minimum Gasteiger partial charge on any atom is -0.484 e. The number of benzene rings is 2. The molecular weight excluding hydrogens is 326 g/mol. The van der Waals surface area contributed by atoms with Crippen molar-refractivity contribution >= 4 is 5.91 Å². The van der Waals surface area contributed by atoms with E-state index in [1.807, 2.05) is 4.90 Å². The molecule has 5 nitrogen and oxygen atoms in total. The van der Waals surface area contributed by atoms with Crippen LogP contribution < -0.4 is 4.74 Å². The number of carbonyl (C=O) groups is 1. The molecule has 2 aromatic carbocycles. The lowest BCUT2D eigenvalue weighted by atomic mass is 10.1. The standard InChI is InChI=1S/C21H23N3O2/c1-17-3-2-4-19(13-17)15-23-9-11-24(12-10-23)21(25)16-26-20-7-5-18(14-22)6-8-20/h2-8,13H,9-12,15-16H2,1H3. The molecule has 0 spiro atoms. The maximum atomic E-state index is 12.3. The van der Waals surface area contributed by atoms with E-state index < -0.39 is 0 Å². The predicted octanol–water partition coefficient (Wildman–Crippen LogP) is 2.59. The third-order valence-corrected chi connectivity index (χ3v) is 4.56. The number of piperazine rings is 1. The number of aryl methyl sites for hydroxylation is 1. The minimum absolute atomic E-state index is 0.00423. The second kappa shape index (κ2) is 8.50. The number of nitrogens with zero attached hydrogens (tertiary/aromatic N) is 3. The summed E-state index contributed by atoms with van der Waals surface area (Å²) in [6.45, 7) is 6.25. The van der Waals surface area contributed by atoms with Crippen molar-refractivity contribution in [2.45, 2.75) is 13.5 Å². The molecule has 0 aliphatic carbocycles. The quantitative estimate of drug-likeness (QED) is 0.833. The highest BCUT2D eigenvalue weighted by molar-refractivity contribution is 5.77. The van der Waals surface area contributed by atoms with Crippen molar-refractivity contribution in [3.63, 3.8) is 0 Å². The van der Waals surface area contributed by atoms with Crippen molar-refractivity contribution in [1.29, 1.82) is 5.26 Å². The first kappa shape index (κ1) is 18.0. The van der Waals surface area contributed by atoms with Gasteiger partial charge in [0.1, 0.15) is 5.75 Å². The van der Waals surface area contributed by atoms with Crippen molar-refractivity contribution in [2.24, 2.45) is 0 Å². The highest BCUT2D eigenvalue weighted by Gasteiger charge is 2.21. The zero-order chi connectivity index (χ0) is 18.4. The van der Waals surface area contributed by atoms with E-state index in [-0.39, 0.29) is 12.5 Å². The lowest BCUT2D eigenvalue weighted by Gasteiger charge is -2.34. The number of rotatable bonds is 5. The Labute approximate surface area is 154 Å². The molecule has 5 heteroatoms. The topological polar surface area (TPSA) is 56.6 Å². The van der Waals surface area contributed by atoms with E-state index in [2.05, 4.69) is 42.2 Å². The fraction of sp³-hybridized carbons (Fsp3) is 0.333. The molecule has 1 amide bonds. The van der Waals surface area contributed by atoms with Gasteiger partial charge in [0.25, 0.3) is 5.91 Å². The smallest absolute Gasteiger partial charge is 0.260 e. The Morgan fingerprint density at radius 1 is 1.12 bits per heavy atom. The lowest BCUT2D eigenvalue weighted by molar-refractivity contribution is -0.135. The molecule has 134 valence electrons. The highest BCUT2D eigenvalue weighted by Crippen LogP contribution is 2.13. The fourth-order valence-corrected chi connectivity index (χ4v) is 3.09. The van der Waals surface area contributed by atoms with Gasteiger partial charge in [-0.1, -0.05) is 29.8 Å². The second-order valence-corrected chi connectivity index (χ2v) is 6.57. The zero-order valence-electron chi connectivity index (χ0n) is 15.0. The van der Waals surface area contributed by atoms with Crippen LogP contribution in [0.5, 0.6) is 5.75 Å². The number of hydrogen-bond acceptors (Lipinski definition) is 4. The summed E-state index contributed by atoms with van der Waals surface area (Å²) < 4.78 is 5.54. The normalized spacial score (nSPS) is 14.7. The maximum Gasteiger partial charge on any atom is 0.260 e. The van der Waals surface area contributed by atoms with Crippen molar-refractivity contribution in [3.05, 3.63) is 65.2 Å². The van der Waals surface area contributed by atoms with Crippen LogP contribution in [-0.2, 0) is 11.3 Å². The average Bonchev–Trinajstić information content (AvgIpc) is 2.67. The Morgan fingerprint density at radius 2 is 1.85 bits per heavy atom. The SMILES string of the molecule is Cc1cccc(CN2CCN(C(=O)COc3ccc(C#N)cc3)CC2)c1. The van der Waals surface area contributed by atoms with Gasteiger partial charge >= 0.3 is 0 Å². The van der Waals surface area contributed by atoms with Crippen LogP contribution in [0.2, 0.25) is 0 Å². The van der Waals surface area contributed by atoms with E-state index >= 15 is 0 Å².